The number of alkyl halides is 2. The highest BCUT2D eigenvalue weighted by molar-refractivity contribution is 5.51. The van der Waals surface area contributed by atoms with E-state index in [1.54, 1.807) is 17.7 Å². The fraction of sp³-hybridized carbons (Fsp3) is 0.417. The maximum absolute atomic E-state index is 12.8. The lowest BCUT2D eigenvalue weighted by molar-refractivity contribution is 0.119. The van der Waals surface area contributed by atoms with Crippen molar-refractivity contribution in [1.82, 2.24) is 9.38 Å². The van der Waals surface area contributed by atoms with Gasteiger partial charge in [-0.15, -0.1) is 0 Å². The molecule has 92 valence electrons. The highest BCUT2D eigenvalue weighted by Gasteiger charge is 2.16. The van der Waals surface area contributed by atoms with Crippen LogP contribution in [-0.2, 0) is 4.74 Å². The summed E-state index contributed by atoms with van der Waals surface area (Å²) in [6, 6.07) is 1.46. The van der Waals surface area contributed by atoms with Crippen molar-refractivity contribution in [3.05, 3.63) is 35.3 Å². The minimum atomic E-state index is -2.50. The molecule has 0 fully saturated rings. The van der Waals surface area contributed by atoms with Gasteiger partial charge in [0.15, 0.2) is 0 Å². The monoisotopic (exact) mass is 240 g/mol. The lowest BCUT2D eigenvalue weighted by atomic mass is 10.1. The van der Waals surface area contributed by atoms with E-state index >= 15 is 0 Å². The highest BCUT2D eigenvalue weighted by atomic mass is 19.3. The highest BCUT2D eigenvalue weighted by Crippen LogP contribution is 2.27. The van der Waals surface area contributed by atoms with Gasteiger partial charge in [-0.25, -0.2) is 13.8 Å². The SMILES string of the molecule is COC(C)c1cc(C(F)F)cn2cc(C)nc12. The number of pyridine rings is 1. The van der Waals surface area contributed by atoms with Crippen molar-refractivity contribution in [2.75, 3.05) is 7.11 Å². The van der Waals surface area contributed by atoms with E-state index in [4.69, 9.17) is 4.74 Å². The molecule has 2 rings (SSSR count). The van der Waals surface area contributed by atoms with E-state index in [2.05, 4.69) is 4.98 Å². The summed E-state index contributed by atoms with van der Waals surface area (Å²) in [5.41, 5.74) is 2.12. The Morgan fingerprint density at radius 1 is 1.35 bits per heavy atom. The number of rotatable bonds is 3. The topological polar surface area (TPSA) is 26.5 Å². The fourth-order valence-corrected chi connectivity index (χ4v) is 1.82. The van der Waals surface area contributed by atoms with Crippen LogP contribution >= 0.6 is 0 Å². The number of imidazole rings is 1. The molecule has 0 radical (unpaired) electrons. The molecular formula is C12H14F2N2O. The minimum absolute atomic E-state index is 0.0196. The van der Waals surface area contributed by atoms with Crippen molar-refractivity contribution in [1.29, 1.82) is 0 Å². The molecule has 0 aliphatic rings. The molecule has 0 spiro atoms. The van der Waals surface area contributed by atoms with Crippen molar-refractivity contribution in [2.24, 2.45) is 0 Å². The van der Waals surface area contributed by atoms with Crippen molar-refractivity contribution in [3.63, 3.8) is 0 Å². The Hall–Kier alpha value is -1.49. The van der Waals surface area contributed by atoms with E-state index in [-0.39, 0.29) is 11.7 Å². The summed E-state index contributed by atoms with van der Waals surface area (Å²) in [6.45, 7) is 3.64. The van der Waals surface area contributed by atoms with Crippen LogP contribution in [0.3, 0.4) is 0 Å². The fourth-order valence-electron chi connectivity index (χ4n) is 1.82. The average molecular weight is 240 g/mol. The van der Waals surface area contributed by atoms with E-state index < -0.39 is 6.43 Å². The van der Waals surface area contributed by atoms with Crippen LogP contribution < -0.4 is 0 Å². The molecule has 5 heteroatoms. The van der Waals surface area contributed by atoms with Crippen LogP contribution in [0.5, 0.6) is 0 Å². The van der Waals surface area contributed by atoms with Crippen LogP contribution in [0, 0.1) is 6.92 Å². The third kappa shape index (κ3) is 2.15. The molecule has 1 unspecified atom stereocenters. The third-order valence-electron chi connectivity index (χ3n) is 2.76. The van der Waals surface area contributed by atoms with Gasteiger partial charge in [-0.05, 0) is 19.9 Å². The number of methoxy groups -OCH3 is 1. The molecule has 2 aromatic rings. The number of hydrogen-bond acceptors (Lipinski definition) is 2. The smallest absolute Gasteiger partial charge is 0.265 e. The molecule has 0 aliphatic heterocycles. The van der Waals surface area contributed by atoms with Gasteiger partial charge in [-0.3, -0.25) is 0 Å². The van der Waals surface area contributed by atoms with Crippen molar-refractivity contribution < 1.29 is 13.5 Å². The second-order valence-electron chi connectivity index (χ2n) is 4.02. The van der Waals surface area contributed by atoms with Crippen LogP contribution in [0.4, 0.5) is 8.78 Å². The van der Waals surface area contributed by atoms with Crippen LogP contribution in [0.15, 0.2) is 18.5 Å². The van der Waals surface area contributed by atoms with E-state index in [1.165, 1.54) is 12.3 Å². The van der Waals surface area contributed by atoms with Gasteiger partial charge < -0.3 is 9.14 Å². The van der Waals surface area contributed by atoms with Crippen LogP contribution in [0.2, 0.25) is 0 Å². The van der Waals surface area contributed by atoms with E-state index in [0.717, 1.165) is 5.69 Å². The summed E-state index contributed by atoms with van der Waals surface area (Å²) in [5, 5.41) is 0. The maximum Gasteiger partial charge on any atom is 0.265 e. The minimum Gasteiger partial charge on any atom is -0.377 e. The van der Waals surface area contributed by atoms with Crippen LogP contribution in [0.1, 0.15) is 36.3 Å². The van der Waals surface area contributed by atoms with E-state index in [1.807, 2.05) is 13.8 Å². The summed E-state index contributed by atoms with van der Waals surface area (Å²) in [5.74, 6) is 0. The molecule has 0 amide bonds. The van der Waals surface area contributed by atoms with Crippen LogP contribution in [0.25, 0.3) is 5.65 Å². The first-order chi connectivity index (χ1) is 8.02. The lowest BCUT2D eigenvalue weighted by Gasteiger charge is -2.13. The molecule has 1 atom stereocenters. The molecule has 0 saturated carbocycles. The Balaban J connectivity index is 2.68. The number of ether oxygens (including phenoxy) is 1. The Morgan fingerprint density at radius 2 is 2.06 bits per heavy atom. The molecule has 0 aliphatic carbocycles. The van der Waals surface area contributed by atoms with Crippen molar-refractivity contribution >= 4 is 5.65 Å². The van der Waals surface area contributed by atoms with Gasteiger partial charge in [-0.1, -0.05) is 0 Å². The molecule has 2 heterocycles. The zero-order valence-corrected chi connectivity index (χ0v) is 9.95. The lowest BCUT2D eigenvalue weighted by Crippen LogP contribution is -2.02. The summed E-state index contributed by atoms with van der Waals surface area (Å²) in [7, 11) is 1.55. The Bertz CT molecular complexity index is 537. The Kier molecular flexibility index (Phi) is 3.11. The first-order valence-corrected chi connectivity index (χ1v) is 5.33. The predicted molar refractivity (Wildman–Crippen MR) is 60.3 cm³/mol. The molecule has 0 bridgehead atoms. The molecular weight excluding hydrogens is 226 g/mol. The van der Waals surface area contributed by atoms with Gasteiger partial charge in [0.1, 0.15) is 5.65 Å². The number of halogens is 2. The first kappa shape index (κ1) is 12.0. The molecule has 17 heavy (non-hydrogen) atoms. The van der Waals surface area contributed by atoms with Gasteiger partial charge in [0.05, 0.1) is 11.8 Å². The Morgan fingerprint density at radius 3 is 2.65 bits per heavy atom. The van der Waals surface area contributed by atoms with Gasteiger partial charge in [0.25, 0.3) is 6.43 Å². The summed E-state index contributed by atoms with van der Waals surface area (Å²) in [6.07, 6.45) is 0.377. The summed E-state index contributed by atoms with van der Waals surface area (Å²) < 4.78 is 32.4. The molecule has 2 aromatic heterocycles. The summed E-state index contributed by atoms with van der Waals surface area (Å²) in [4.78, 5) is 4.32. The van der Waals surface area contributed by atoms with Crippen molar-refractivity contribution in [2.45, 2.75) is 26.4 Å². The molecule has 0 aromatic carbocycles. The van der Waals surface area contributed by atoms with Gasteiger partial charge in [0, 0.05) is 30.6 Å². The second kappa shape index (κ2) is 4.41. The molecule has 3 nitrogen and oxygen atoms in total. The molecule has 0 N–H and O–H groups in total. The first-order valence-electron chi connectivity index (χ1n) is 5.33. The second-order valence-corrected chi connectivity index (χ2v) is 4.02. The standard InChI is InChI=1S/C12H14F2N2O/c1-7-5-16-6-9(11(13)14)4-10(8(2)17-3)12(16)15-7/h4-6,8,11H,1-3H3. The van der Waals surface area contributed by atoms with Crippen molar-refractivity contribution in [3.8, 4) is 0 Å². The number of fused-ring (bicyclic) bond motifs is 1. The third-order valence-corrected chi connectivity index (χ3v) is 2.76. The number of aromatic nitrogens is 2. The largest absolute Gasteiger partial charge is 0.377 e. The van der Waals surface area contributed by atoms with Gasteiger partial charge >= 0.3 is 0 Å². The number of hydrogen-bond donors (Lipinski definition) is 0. The average Bonchev–Trinajstić information content (AvgIpc) is 2.66. The predicted octanol–water partition coefficient (Wildman–Crippen LogP) is 3.29. The quantitative estimate of drug-likeness (QED) is 0.823. The Labute approximate surface area is 98.0 Å². The molecule has 0 saturated heterocycles. The number of aryl methyl sites for hydroxylation is 1. The maximum atomic E-state index is 12.8. The van der Waals surface area contributed by atoms with Gasteiger partial charge in [-0.2, -0.15) is 0 Å². The van der Waals surface area contributed by atoms with E-state index in [9.17, 15) is 8.78 Å². The summed E-state index contributed by atoms with van der Waals surface area (Å²) >= 11 is 0. The normalized spacial score (nSPS) is 13.5. The van der Waals surface area contributed by atoms with Crippen LogP contribution in [-0.4, -0.2) is 16.5 Å². The zero-order chi connectivity index (χ0) is 12.6. The number of nitrogens with zero attached hydrogens (tertiary/aromatic N) is 2. The van der Waals surface area contributed by atoms with Gasteiger partial charge in [0.2, 0.25) is 0 Å². The zero-order valence-electron chi connectivity index (χ0n) is 9.95. The van der Waals surface area contributed by atoms with E-state index in [0.29, 0.717) is 11.2 Å².